The van der Waals surface area contributed by atoms with Crippen LogP contribution >= 0.6 is 0 Å². The van der Waals surface area contributed by atoms with Crippen molar-refractivity contribution in [3.05, 3.63) is 70.8 Å². The molecule has 0 radical (unpaired) electrons. The van der Waals surface area contributed by atoms with Gasteiger partial charge in [-0.1, -0.05) is 49.4 Å². The molecular formula is C32H37NO4. The van der Waals surface area contributed by atoms with Gasteiger partial charge >= 0.3 is 0 Å². The zero-order chi connectivity index (χ0) is 25.4. The predicted octanol–water partition coefficient (Wildman–Crippen LogP) is 4.82. The van der Waals surface area contributed by atoms with E-state index in [1.165, 1.54) is 24.0 Å². The Morgan fingerprint density at radius 1 is 1.16 bits per heavy atom. The first kappa shape index (κ1) is 22.6. The number of piperidine rings is 1. The Morgan fingerprint density at radius 3 is 2.73 bits per heavy atom. The van der Waals surface area contributed by atoms with Crippen LogP contribution in [0.25, 0.3) is 0 Å². The van der Waals surface area contributed by atoms with Crippen LogP contribution in [0.15, 0.2) is 48.6 Å². The van der Waals surface area contributed by atoms with Gasteiger partial charge in [0.2, 0.25) is 0 Å². The van der Waals surface area contributed by atoms with Gasteiger partial charge in [0, 0.05) is 36.1 Å². The summed E-state index contributed by atoms with van der Waals surface area (Å²) in [6.07, 6.45) is 9.14. The van der Waals surface area contributed by atoms with Crippen LogP contribution in [0.5, 0.6) is 11.5 Å². The molecular weight excluding hydrogens is 462 g/mol. The molecule has 5 aliphatic carbocycles. The van der Waals surface area contributed by atoms with Crippen molar-refractivity contribution < 1.29 is 19.7 Å². The van der Waals surface area contributed by atoms with Crippen molar-refractivity contribution in [2.75, 3.05) is 20.2 Å². The molecule has 2 aromatic carbocycles. The van der Waals surface area contributed by atoms with Gasteiger partial charge in [0.05, 0.1) is 11.5 Å². The molecule has 5 nitrogen and oxygen atoms in total. The zero-order valence-electron chi connectivity index (χ0n) is 22.0. The van der Waals surface area contributed by atoms with E-state index in [1.807, 2.05) is 18.2 Å². The van der Waals surface area contributed by atoms with Gasteiger partial charge < -0.3 is 19.7 Å². The zero-order valence-corrected chi connectivity index (χ0v) is 22.0. The molecule has 1 saturated heterocycles. The number of likely N-dealkylation sites (tertiary alicyclic amines) is 1. The standard InChI is InChI=1S/C32H37NO4/c1-19-6-4-5-7-22(19)27(35)29(2)18-30-12-13-32(29,36-3)28-31(30)14-15-33(17-20-8-9-20)24(30)16-21-10-11-23(34)26(37-28)25(21)31/h4-7,10-13,20,24,27-28,34-35H,8-9,14-18H2,1-3H3/t24-,27?,28-,29-,30-,31+,32+/m1/s1. The Morgan fingerprint density at radius 2 is 1.97 bits per heavy atom. The summed E-state index contributed by atoms with van der Waals surface area (Å²) < 4.78 is 13.5. The van der Waals surface area contributed by atoms with E-state index in [4.69, 9.17) is 9.47 Å². The quantitative estimate of drug-likeness (QED) is 0.578. The van der Waals surface area contributed by atoms with Gasteiger partial charge in [-0.3, -0.25) is 4.90 Å². The Balaban J connectivity index is 1.38. The average Bonchev–Trinajstić information content (AvgIpc) is 3.64. The molecule has 194 valence electrons. The molecule has 4 bridgehead atoms. The number of benzene rings is 2. The number of phenols is 1. The van der Waals surface area contributed by atoms with Crippen LogP contribution in [0, 0.1) is 23.7 Å². The smallest absolute Gasteiger partial charge is 0.165 e. The fourth-order valence-electron chi connectivity index (χ4n) is 9.77. The summed E-state index contributed by atoms with van der Waals surface area (Å²) in [6, 6.07) is 12.5. The van der Waals surface area contributed by atoms with Crippen LogP contribution in [0.4, 0.5) is 0 Å². The largest absolute Gasteiger partial charge is 0.504 e. The van der Waals surface area contributed by atoms with Crippen molar-refractivity contribution >= 4 is 0 Å². The molecule has 2 saturated carbocycles. The van der Waals surface area contributed by atoms with Crippen LogP contribution in [0.3, 0.4) is 0 Å². The highest BCUT2D eigenvalue weighted by molar-refractivity contribution is 5.65. The number of methoxy groups -OCH3 is 1. The minimum atomic E-state index is -0.834. The summed E-state index contributed by atoms with van der Waals surface area (Å²) in [5, 5.41) is 23.3. The van der Waals surface area contributed by atoms with Gasteiger partial charge in [-0.15, -0.1) is 0 Å². The second-order valence-electron chi connectivity index (χ2n) is 13.0. The third kappa shape index (κ3) is 2.40. The second kappa shape index (κ2) is 6.99. The molecule has 2 aromatic rings. The number of rotatable bonds is 5. The molecule has 1 unspecified atom stereocenters. The molecule has 2 N–H and O–H groups in total. The normalized spacial score (nSPS) is 41.4. The molecule has 9 rings (SSSR count). The second-order valence-corrected chi connectivity index (χ2v) is 13.0. The number of phenolic OH excluding ortho intramolecular Hbond substituents is 1. The first-order valence-electron chi connectivity index (χ1n) is 14.1. The van der Waals surface area contributed by atoms with Crippen molar-refractivity contribution in [3.8, 4) is 11.5 Å². The van der Waals surface area contributed by atoms with Crippen molar-refractivity contribution in [2.24, 2.45) is 16.7 Å². The lowest BCUT2D eigenvalue weighted by atomic mass is 9.33. The number of aryl methyl sites for hydroxylation is 1. The number of ether oxygens (including phenoxy) is 2. The van der Waals surface area contributed by atoms with Gasteiger partial charge in [-0.05, 0) is 74.2 Å². The van der Waals surface area contributed by atoms with Gasteiger partial charge in [0.15, 0.2) is 11.5 Å². The van der Waals surface area contributed by atoms with E-state index >= 15 is 0 Å². The Bertz CT molecular complexity index is 1350. The van der Waals surface area contributed by atoms with Gasteiger partial charge in [-0.25, -0.2) is 0 Å². The van der Waals surface area contributed by atoms with Crippen LogP contribution in [-0.2, 0) is 16.6 Å². The predicted molar refractivity (Wildman–Crippen MR) is 141 cm³/mol. The molecule has 0 amide bonds. The number of nitrogens with zero attached hydrogens (tertiary/aromatic N) is 1. The molecule has 2 heterocycles. The molecule has 2 aliphatic heterocycles. The number of fused-ring (bicyclic) bond motifs is 1. The lowest BCUT2D eigenvalue weighted by molar-refractivity contribution is -0.270. The summed E-state index contributed by atoms with van der Waals surface area (Å²) in [5.74, 6) is 1.69. The minimum Gasteiger partial charge on any atom is -0.504 e. The highest BCUT2D eigenvalue weighted by Gasteiger charge is 2.82. The summed E-state index contributed by atoms with van der Waals surface area (Å²) in [6.45, 7) is 6.50. The van der Waals surface area contributed by atoms with E-state index in [-0.39, 0.29) is 22.7 Å². The number of aliphatic hydroxyl groups is 1. The Hall–Kier alpha value is -2.34. The van der Waals surface area contributed by atoms with Crippen molar-refractivity contribution in [1.29, 1.82) is 0 Å². The van der Waals surface area contributed by atoms with Gasteiger partial charge in [0.25, 0.3) is 0 Å². The molecule has 7 atom stereocenters. The third-order valence-corrected chi connectivity index (χ3v) is 11.6. The SMILES string of the molecule is CO[C@]12C=C[C@@]3(C[C@]1(C)C(O)c1ccccc1C)[C@H]1Cc4ccc(O)c5c4[C@@]3(CCN1CC1CC1)[C@H]2O5. The number of hydrogen-bond donors (Lipinski definition) is 2. The monoisotopic (exact) mass is 499 g/mol. The fraction of sp³-hybridized carbons (Fsp3) is 0.562. The van der Waals surface area contributed by atoms with Crippen LogP contribution in [0.2, 0.25) is 0 Å². The van der Waals surface area contributed by atoms with Crippen molar-refractivity contribution in [3.63, 3.8) is 0 Å². The molecule has 3 fully saturated rings. The molecule has 2 spiro atoms. The van der Waals surface area contributed by atoms with E-state index in [0.29, 0.717) is 11.8 Å². The van der Waals surface area contributed by atoms with Crippen molar-refractivity contribution in [2.45, 2.75) is 75.2 Å². The highest BCUT2D eigenvalue weighted by atomic mass is 16.6. The maximum Gasteiger partial charge on any atom is 0.165 e. The Labute approximate surface area is 219 Å². The van der Waals surface area contributed by atoms with Crippen LogP contribution in [0.1, 0.15) is 61.0 Å². The number of aliphatic hydroxyl groups excluding tert-OH is 1. The fourth-order valence-corrected chi connectivity index (χ4v) is 9.77. The number of aromatic hydroxyl groups is 1. The van der Waals surface area contributed by atoms with Crippen LogP contribution < -0.4 is 4.74 Å². The first-order chi connectivity index (χ1) is 17.8. The van der Waals surface area contributed by atoms with Gasteiger partial charge in [-0.2, -0.15) is 0 Å². The van der Waals surface area contributed by atoms with E-state index in [9.17, 15) is 10.2 Å². The molecule has 0 aromatic heterocycles. The van der Waals surface area contributed by atoms with Crippen molar-refractivity contribution in [1.82, 2.24) is 4.90 Å². The van der Waals surface area contributed by atoms with E-state index < -0.39 is 17.1 Å². The van der Waals surface area contributed by atoms with Gasteiger partial charge in [0.1, 0.15) is 11.7 Å². The van der Waals surface area contributed by atoms with E-state index in [1.54, 1.807) is 7.11 Å². The van der Waals surface area contributed by atoms with Crippen LogP contribution in [-0.4, -0.2) is 53.1 Å². The van der Waals surface area contributed by atoms with E-state index in [0.717, 1.165) is 49.4 Å². The topological polar surface area (TPSA) is 62.2 Å². The average molecular weight is 500 g/mol. The summed E-state index contributed by atoms with van der Waals surface area (Å²) in [5.41, 5.74) is 2.67. The lowest BCUT2D eigenvalue weighted by Gasteiger charge is -2.74. The molecule has 5 heteroatoms. The first-order valence-corrected chi connectivity index (χ1v) is 14.1. The maximum atomic E-state index is 12.3. The minimum absolute atomic E-state index is 0.199. The Kier molecular flexibility index (Phi) is 4.28. The summed E-state index contributed by atoms with van der Waals surface area (Å²) >= 11 is 0. The summed E-state index contributed by atoms with van der Waals surface area (Å²) in [4.78, 5) is 2.77. The van der Waals surface area contributed by atoms with E-state index in [2.05, 4.69) is 49.1 Å². The summed E-state index contributed by atoms with van der Waals surface area (Å²) in [7, 11) is 1.78. The number of hydrogen-bond acceptors (Lipinski definition) is 5. The molecule has 7 aliphatic rings. The maximum absolute atomic E-state index is 12.3. The highest BCUT2D eigenvalue weighted by Crippen LogP contribution is 2.78. The lowest BCUT2D eigenvalue weighted by Crippen LogP contribution is -2.82. The third-order valence-electron chi connectivity index (χ3n) is 11.6. The molecule has 37 heavy (non-hydrogen) atoms.